The molecule has 1 atom stereocenters. The Bertz CT molecular complexity index is 176. The van der Waals surface area contributed by atoms with E-state index in [1.807, 2.05) is 11.8 Å². The third-order valence-electron chi connectivity index (χ3n) is 2.30. The van der Waals surface area contributed by atoms with Crippen molar-refractivity contribution in [2.75, 3.05) is 25.2 Å². The second kappa shape index (κ2) is 11.3. The smallest absolute Gasteiger partial charge is 0.323 e. The van der Waals surface area contributed by atoms with E-state index in [4.69, 9.17) is 4.74 Å². The summed E-state index contributed by atoms with van der Waals surface area (Å²) in [6, 6.07) is -0.142. The molecule has 0 aromatic rings. The molecule has 0 heterocycles. The summed E-state index contributed by atoms with van der Waals surface area (Å²) in [7, 11) is 1.45. The van der Waals surface area contributed by atoms with Crippen LogP contribution in [-0.2, 0) is 9.53 Å². The van der Waals surface area contributed by atoms with Crippen LogP contribution in [0.25, 0.3) is 0 Å². The Morgan fingerprint density at radius 2 is 2.06 bits per heavy atom. The number of methoxy groups -OCH3 is 1. The molecule has 0 radical (unpaired) electrons. The van der Waals surface area contributed by atoms with Crippen LogP contribution in [0.2, 0.25) is 0 Å². The van der Waals surface area contributed by atoms with Crippen molar-refractivity contribution in [3.05, 3.63) is 0 Å². The van der Waals surface area contributed by atoms with Crippen LogP contribution < -0.4 is 5.32 Å². The molecule has 96 valence electrons. The Kier molecular flexibility index (Phi) is 11.1. The first-order valence-electron chi connectivity index (χ1n) is 6.15. The van der Waals surface area contributed by atoms with Gasteiger partial charge < -0.3 is 10.1 Å². The van der Waals surface area contributed by atoms with Crippen LogP contribution in [0.5, 0.6) is 0 Å². The largest absolute Gasteiger partial charge is 0.468 e. The van der Waals surface area contributed by atoms with E-state index < -0.39 is 0 Å². The maximum atomic E-state index is 11.4. The highest BCUT2D eigenvalue weighted by atomic mass is 32.2. The average Bonchev–Trinajstić information content (AvgIpc) is 2.31. The van der Waals surface area contributed by atoms with Crippen LogP contribution in [0.1, 0.15) is 39.5 Å². The Hall–Kier alpha value is -0.220. The number of ether oxygens (including phenoxy) is 1. The molecule has 1 N–H and O–H groups in total. The summed E-state index contributed by atoms with van der Waals surface area (Å²) >= 11 is 1.83. The zero-order chi connectivity index (χ0) is 12.2. The Morgan fingerprint density at radius 3 is 2.62 bits per heavy atom. The quantitative estimate of drug-likeness (QED) is 0.475. The predicted octanol–water partition coefficient (Wildman–Crippen LogP) is 2.45. The van der Waals surface area contributed by atoms with Gasteiger partial charge in [-0.2, -0.15) is 11.8 Å². The van der Waals surface area contributed by atoms with E-state index in [2.05, 4.69) is 19.2 Å². The van der Waals surface area contributed by atoms with Crippen molar-refractivity contribution in [1.29, 1.82) is 0 Å². The van der Waals surface area contributed by atoms with Gasteiger partial charge in [0.1, 0.15) is 6.04 Å². The molecule has 0 aliphatic carbocycles. The normalized spacial score (nSPS) is 12.4. The molecule has 0 saturated heterocycles. The van der Waals surface area contributed by atoms with Gasteiger partial charge >= 0.3 is 5.97 Å². The van der Waals surface area contributed by atoms with Gasteiger partial charge in [0.25, 0.3) is 0 Å². The first-order valence-corrected chi connectivity index (χ1v) is 7.30. The predicted molar refractivity (Wildman–Crippen MR) is 70.9 cm³/mol. The monoisotopic (exact) mass is 247 g/mol. The molecule has 0 fully saturated rings. The molecule has 16 heavy (non-hydrogen) atoms. The minimum absolute atomic E-state index is 0.142. The topological polar surface area (TPSA) is 38.3 Å². The highest BCUT2D eigenvalue weighted by Crippen LogP contribution is 2.08. The van der Waals surface area contributed by atoms with Crippen LogP contribution in [-0.4, -0.2) is 37.2 Å². The Balaban J connectivity index is 3.69. The van der Waals surface area contributed by atoms with Crippen molar-refractivity contribution in [2.24, 2.45) is 0 Å². The van der Waals surface area contributed by atoms with Gasteiger partial charge in [-0.25, -0.2) is 0 Å². The molecule has 0 amide bonds. The summed E-state index contributed by atoms with van der Waals surface area (Å²) in [6.07, 6.45) is 4.80. The number of unbranched alkanes of at least 4 members (excludes halogenated alkanes) is 2. The number of carbonyl (C=O) groups is 1. The number of carbonyl (C=O) groups excluding carboxylic acids is 1. The molecular weight excluding hydrogens is 222 g/mol. The number of hydrogen-bond acceptors (Lipinski definition) is 4. The molecule has 0 aliphatic rings. The van der Waals surface area contributed by atoms with E-state index in [9.17, 15) is 4.79 Å². The van der Waals surface area contributed by atoms with Crippen LogP contribution in [0, 0.1) is 0 Å². The van der Waals surface area contributed by atoms with E-state index in [1.54, 1.807) is 0 Å². The van der Waals surface area contributed by atoms with E-state index >= 15 is 0 Å². The van der Waals surface area contributed by atoms with Gasteiger partial charge in [-0.1, -0.05) is 26.7 Å². The lowest BCUT2D eigenvalue weighted by Gasteiger charge is -2.15. The SMILES string of the molecule is CCCCCSCC(NCCC)C(=O)OC. The van der Waals surface area contributed by atoms with Crippen molar-refractivity contribution in [3.63, 3.8) is 0 Å². The van der Waals surface area contributed by atoms with Crippen LogP contribution in [0.15, 0.2) is 0 Å². The van der Waals surface area contributed by atoms with Gasteiger partial charge in [-0.3, -0.25) is 4.79 Å². The molecule has 0 aromatic carbocycles. The lowest BCUT2D eigenvalue weighted by molar-refractivity contribution is -0.142. The maximum absolute atomic E-state index is 11.4. The van der Waals surface area contributed by atoms with Gasteiger partial charge in [-0.15, -0.1) is 0 Å². The summed E-state index contributed by atoms with van der Waals surface area (Å²) in [5, 5.41) is 3.22. The number of thioether (sulfide) groups is 1. The van der Waals surface area contributed by atoms with Crippen molar-refractivity contribution in [1.82, 2.24) is 5.32 Å². The lowest BCUT2D eigenvalue weighted by Crippen LogP contribution is -2.40. The van der Waals surface area contributed by atoms with Gasteiger partial charge in [0.2, 0.25) is 0 Å². The molecule has 0 spiro atoms. The highest BCUT2D eigenvalue weighted by molar-refractivity contribution is 7.99. The second-order valence-electron chi connectivity index (χ2n) is 3.81. The minimum atomic E-state index is -0.142. The standard InChI is InChI=1S/C12H25NO2S/c1-4-6-7-9-16-10-11(12(14)15-3)13-8-5-2/h11,13H,4-10H2,1-3H3. The Labute approximate surface area is 104 Å². The molecule has 0 rings (SSSR count). The van der Waals surface area contributed by atoms with Gasteiger partial charge in [0.15, 0.2) is 0 Å². The first-order chi connectivity index (χ1) is 7.76. The van der Waals surface area contributed by atoms with Gasteiger partial charge in [-0.05, 0) is 25.1 Å². The minimum Gasteiger partial charge on any atom is -0.468 e. The first kappa shape index (κ1) is 15.8. The molecule has 0 aliphatic heterocycles. The molecule has 0 saturated carbocycles. The van der Waals surface area contributed by atoms with Gasteiger partial charge in [0, 0.05) is 5.75 Å². The Morgan fingerprint density at radius 1 is 1.31 bits per heavy atom. The average molecular weight is 247 g/mol. The van der Waals surface area contributed by atoms with E-state index in [0.717, 1.165) is 24.5 Å². The summed E-state index contributed by atoms with van der Waals surface area (Å²) < 4.78 is 4.77. The zero-order valence-electron chi connectivity index (χ0n) is 10.8. The summed E-state index contributed by atoms with van der Waals surface area (Å²) in [6.45, 7) is 5.16. The summed E-state index contributed by atoms with van der Waals surface area (Å²) in [5.74, 6) is 1.81. The van der Waals surface area contributed by atoms with E-state index in [1.165, 1.54) is 26.4 Å². The number of esters is 1. The van der Waals surface area contributed by atoms with Crippen molar-refractivity contribution in [2.45, 2.75) is 45.6 Å². The fourth-order valence-electron chi connectivity index (χ4n) is 1.33. The molecule has 0 aromatic heterocycles. The number of hydrogen-bond donors (Lipinski definition) is 1. The van der Waals surface area contributed by atoms with E-state index in [0.29, 0.717) is 0 Å². The van der Waals surface area contributed by atoms with Crippen LogP contribution in [0.4, 0.5) is 0 Å². The van der Waals surface area contributed by atoms with E-state index in [-0.39, 0.29) is 12.0 Å². The molecule has 4 heteroatoms. The second-order valence-corrected chi connectivity index (χ2v) is 4.96. The lowest BCUT2D eigenvalue weighted by atomic mass is 10.3. The zero-order valence-corrected chi connectivity index (χ0v) is 11.6. The third kappa shape index (κ3) is 7.99. The van der Waals surface area contributed by atoms with Crippen molar-refractivity contribution in [3.8, 4) is 0 Å². The maximum Gasteiger partial charge on any atom is 0.323 e. The summed E-state index contributed by atoms with van der Waals surface area (Å²) in [5.41, 5.74) is 0. The number of rotatable bonds is 10. The highest BCUT2D eigenvalue weighted by Gasteiger charge is 2.17. The molecule has 1 unspecified atom stereocenters. The fourth-order valence-corrected chi connectivity index (χ4v) is 2.39. The van der Waals surface area contributed by atoms with Crippen molar-refractivity contribution >= 4 is 17.7 Å². The summed E-state index contributed by atoms with van der Waals surface area (Å²) in [4.78, 5) is 11.4. The molecular formula is C12H25NO2S. The molecule has 3 nitrogen and oxygen atoms in total. The van der Waals surface area contributed by atoms with Crippen molar-refractivity contribution < 1.29 is 9.53 Å². The third-order valence-corrected chi connectivity index (χ3v) is 3.45. The fraction of sp³-hybridized carbons (Fsp3) is 0.917. The van der Waals surface area contributed by atoms with Gasteiger partial charge in [0.05, 0.1) is 7.11 Å². The van der Waals surface area contributed by atoms with Crippen LogP contribution >= 0.6 is 11.8 Å². The number of nitrogens with one attached hydrogen (secondary N) is 1. The molecule has 0 bridgehead atoms. The van der Waals surface area contributed by atoms with Crippen LogP contribution in [0.3, 0.4) is 0 Å².